The Balaban J connectivity index is 2.52. The van der Waals surface area contributed by atoms with E-state index in [0.29, 0.717) is 12.2 Å². The van der Waals surface area contributed by atoms with E-state index in [1.807, 2.05) is 0 Å². The summed E-state index contributed by atoms with van der Waals surface area (Å²) in [6, 6.07) is 6.72. The van der Waals surface area contributed by atoms with E-state index in [2.05, 4.69) is 10.0 Å². The SMILES string of the molecule is CC(C)(C)OC(=O)NCc1ccc(NS(C)(=O)=O)cc1. The second kappa shape index (κ2) is 6.13. The summed E-state index contributed by atoms with van der Waals surface area (Å²) < 4.78 is 29.6. The molecule has 20 heavy (non-hydrogen) atoms. The molecule has 0 atom stereocenters. The Labute approximate surface area is 119 Å². The number of anilines is 1. The lowest BCUT2D eigenvalue weighted by atomic mass is 10.2. The summed E-state index contributed by atoms with van der Waals surface area (Å²) >= 11 is 0. The third-order valence-electron chi connectivity index (χ3n) is 2.09. The van der Waals surface area contributed by atoms with Crippen molar-refractivity contribution in [3.63, 3.8) is 0 Å². The molecule has 112 valence electrons. The van der Waals surface area contributed by atoms with Gasteiger partial charge in [0.2, 0.25) is 10.0 Å². The van der Waals surface area contributed by atoms with Gasteiger partial charge < -0.3 is 10.1 Å². The number of sulfonamides is 1. The molecule has 0 bridgehead atoms. The van der Waals surface area contributed by atoms with Crippen LogP contribution in [0.15, 0.2) is 24.3 Å². The minimum atomic E-state index is -3.28. The number of benzene rings is 1. The highest BCUT2D eigenvalue weighted by molar-refractivity contribution is 7.92. The minimum absolute atomic E-state index is 0.314. The van der Waals surface area contributed by atoms with Gasteiger partial charge in [0.25, 0.3) is 0 Å². The molecular formula is C13H20N2O4S. The van der Waals surface area contributed by atoms with E-state index in [4.69, 9.17) is 4.74 Å². The summed E-state index contributed by atoms with van der Waals surface area (Å²) in [4.78, 5) is 11.5. The number of nitrogens with one attached hydrogen (secondary N) is 2. The number of carbonyl (C=O) groups is 1. The normalized spacial score (nSPS) is 11.8. The van der Waals surface area contributed by atoms with Crippen LogP contribution < -0.4 is 10.0 Å². The van der Waals surface area contributed by atoms with Gasteiger partial charge in [-0.1, -0.05) is 12.1 Å². The number of amides is 1. The van der Waals surface area contributed by atoms with Crippen LogP contribution in [0.5, 0.6) is 0 Å². The third-order valence-corrected chi connectivity index (χ3v) is 2.70. The molecule has 2 N–H and O–H groups in total. The molecule has 6 nitrogen and oxygen atoms in total. The van der Waals surface area contributed by atoms with E-state index in [0.717, 1.165) is 11.8 Å². The molecule has 0 aliphatic heterocycles. The standard InChI is InChI=1S/C13H20N2O4S/c1-13(2,3)19-12(16)14-9-10-5-7-11(8-6-10)15-20(4,17)18/h5-8,15H,9H2,1-4H3,(H,14,16). The number of carbonyl (C=O) groups excluding carboxylic acids is 1. The Kier molecular flexibility index (Phi) is 4.99. The van der Waals surface area contributed by atoms with Crippen LogP contribution in [0.4, 0.5) is 10.5 Å². The van der Waals surface area contributed by atoms with Gasteiger partial charge in [0.15, 0.2) is 0 Å². The molecule has 1 rings (SSSR count). The predicted molar refractivity (Wildman–Crippen MR) is 78.0 cm³/mol. The van der Waals surface area contributed by atoms with E-state index < -0.39 is 21.7 Å². The maximum atomic E-state index is 11.5. The Bertz CT molecular complexity index is 559. The maximum Gasteiger partial charge on any atom is 0.407 e. The van der Waals surface area contributed by atoms with Crippen molar-refractivity contribution in [2.24, 2.45) is 0 Å². The molecule has 1 aromatic carbocycles. The van der Waals surface area contributed by atoms with Crippen molar-refractivity contribution in [3.05, 3.63) is 29.8 Å². The fourth-order valence-electron chi connectivity index (χ4n) is 1.39. The highest BCUT2D eigenvalue weighted by atomic mass is 32.2. The smallest absolute Gasteiger partial charge is 0.407 e. The molecule has 7 heteroatoms. The molecule has 0 saturated heterocycles. The van der Waals surface area contributed by atoms with E-state index >= 15 is 0 Å². The van der Waals surface area contributed by atoms with Gasteiger partial charge in [-0.2, -0.15) is 0 Å². The van der Waals surface area contributed by atoms with Crippen molar-refractivity contribution in [1.82, 2.24) is 5.32 Å². The Morgan fingerprint density at radius 2 is 1.75 bits per heavy atom. The van der Waals surface area contributed by atoms with Crippen LogP contribution in [-0.4, -0.2) is 26.4 Å². The average molecular weight is 300 g/mol. The number of hydrogen-bond donors (Lipinski definition) is 2. The lowest BCUT2D eigenvalue weighted by Gasteiger charge is -2.19. The molecule has 0 radical (unpaired) electrons. The number of rotatable bonds is 4. The van der Waals surface area contributed by atoms with E-state index in [9.17, 15) is 13.2 Å². The molecule has 0 heterocycles. The second-order valence-corrected chi connectivity index (χ2v) is 7.18. The maximum absolute atomic E-state index is 11.5. The first-order chi connectivity index (χ1) is 9.05. The Morgan fingerprint density at radius 3 is 2.20 bits per heavy atom. The van der Waals surface area contributed by atoms with Crippen molar-refractivity contribution in [2.75, 3.05) is 11.0 Å². The average Bonchev–Trinajstić information content (AvgIpc) is 2.23. The van der Waals surface area contributed by atoms with Gasteiger partial charge in [-0.05, 0) is 38.5 Å². The predicted octanol–water partition coefficient (Wildman–Crippen LogP) is 2.08. The van der Waals surface area contributed by atoms with Crippen molar-refractivity contribution in [2.45, 2.75) is 32.9 Å². The zero-order valence-corrected chi connectivity index (χ0v) is 12.9. The molecule has 0 aliphatic rings. The molecule has 0 spiro atoms. The van der Waals surface area contributed by atoms with E-state index in [-0.39, 0.29) is 0 Å². The molecule has 0 saturated carbocycles. The van der Waals surface area contributed by atoms with E-state index in [1.54, 1.807) is 45.0 Å². The van der Waals surface area contributed by atoms with Gasteiger partial charge in [-0.3, -0.25) is 4.72 Å². The summed E-state index contributed by atoms with van der Waals surface area (Å²) in [5.74, 6) is 0. The van der Waals surface area contributed by atoms with Gasteiger partial charge >= 0.3 is 6.09 Å². The van der Waals surface area contributed by atoms with Crippen molar-refractivity contribution >= 4 is 21.8 Å². The molecule has 0 fully saturated rings. The summed E-state index contributed by atoms with van der Waals surface area (Å²) in [7, 11) is -3.28. The quantitative estimate of drug-likeness (QED) is 0.891. The van der Waals surface area contributed by atoms with Crippen LogP contribution in [0.25, 0.3) is 0 Å². The molecule has 0 aromatic heterocycles. The highest BCUT2D eigenvalue weighted by Gasteiger charge is 2.15. The molecule has 1 aromatic rings. The number of alkyl carbamates (subject to hydrolysis) is 1. The van der Waals surface area contributed by atoms with Crippen molar-refractivity contribution in [1.29, 1.82) is 0 Å². The fraction of sp³-hybridized carbons (Fsp3) is 0.462. The highest BCUT2D eigenvalue weighted by Crippen LogP contribution is 2.11. The molecule has 0 unspecified atom stereocenters. The summed E-state index contributed by atoms with van der Waals surface area (Å²) in [5.41, 5.74) is 0.788. The lowest BCUT2D eigenvalue weighted by Crippen LogP contribution is -2.32. The first kappa shape index (κ1) is 16.3. The fourth-order valence-corrected chi connectivity index (χ4v) is 1.96. The van der Waals surface area contributed by atoms with Gasteiger partial charge in [-0.25, -0.2) is 13.2 Å². The Hall–Kier alpha value is -1.76. The monoisotopic (exact) mass is 300 g/mol. The second-order valence-electron chi connectivity index (χ2n) is 5.43. The van der Waals surface area contributed by atoms with Crippen LogP contribution in [0.3, 0.4) is 0 Å². The minimum Gasteiger partial charge on any atom is -0.444 e. The number of hydrogen-bond acceptors (Lipinski definition) is 4. The van der Waals surface area contributed by atoms with Crippen LogP contribution in [0.1, 0.15) is 26.3 Å². The largest absolute Gasteiger partial charge is 0.444 e. The first-order valence-corrected chi connectivity index (χ1v) is 7.98. The van der Waals surface area contributed by atoms with Crippen molar-refractivity contribution in [3.8, 4) is 0 Å². The van der Waals surface area contributed by atoms with Gasteiger partial charge in [0.1, 0.15) is 5.60 Å². The summed E-state index contributed by atoms with van der Waals surface area (Å²) in [5, 5.41) is 2.62. The van der Waals surface area contributed by atoms with Gasteiger partial charge in [-0.15, -0.1) is 0 Å². The number of ether oxygens (including phenoxy) is 1. The van der Waals surface area contributed by atoms with Crippen molar-refractivity contribution < 1.29 is 17.9 Å². The van der Waals surface area contributed by atoms with Gasteiger partial charge in [0, 0.05) is 12.2 Å². The lowest BCUT2D eigenvalue weighted by molar-refractivity contribution is 0.0523. The summed E-state index contributed by atoms with van der Waals surface area (Å²) in [6.07, 6.45) is 0.598. The van der Waals surface area contributed by atoms with E-state index in [1.165, 1.54) is 0 Å². The van der Waals surface area contributed by atoms with Crippen LogP contribution >= 0.6 is 0 Å². The van der Waals surface area contributed by atoms with Gasteiger partial charge in [0.05, 0.1) is 6.26 Å². The summed E-state index contributed by atoms with van der Waals surface area (Å²) in [6.45, 7) is 5.68. The Morgan fingerprint density at radius 1 is 1.20 bits per heavy atom. The zero-order chi connectivity index (χ0) is 15.4. The molecular weight excluding hydrogens is 280 g/mol. The van der Waals surface area contributed by atoms with Crippen LogP contribution in [0, 0.1) is 0 Å². The first-order valence-electron chi connectivity index (χ1n) is 6.09. The van der Waals surface area contributed by atoms with Crippen LogP contribution in [-0.2, 0) is 21.3 Å². The zero-order valence-electron chi connectivity index (χ0n) is 12.1. The van der Waals surface area contributed by atoms with Crippen LogP contribution in [0.2, 0.25) is 0 Å². The molecule has 1 amide bonds. The third kappa shape index (κ3) is 6.98. The molecule has 0 aliphatic carbocycles. The topological polar surface area (TPSA) is 84.5 Å².